The second-order valence-electron chi connectivity index (χ2n) is 9.72. The Morgan fingerprint density at radius 3 is 1.10 bits per heavy atom. The fourth-order valence-corrected chi connectivity index (χ4v) is 7.87. The van der Waals surface area contributed by atoms with Crippen molar-refractivity contribution in [3.8, 4) is 0 Å². The molecule has 1 heterocycles. The molecule has 0 saturated heterocycles. The van der Waals surface area contributed by atoms with Crippen LogP contribution in [0.5, 0.6) is 0 Å². The van der Waals surface area contributed by atoms with Gasteiger partial charge in [0.15, 0.2) is 0 Å². The van der Waals surface area contributed by atoms with Crippen molar-refractivity contribution >= 4 is 7.26 Å². The quantitative estimate of drug-likeness (QED) is 0.433. The number of hydrogen-bond donors (Lipinski definition) is 0. The van der Waals surface area contributed by atoms with Crippen molar-refractivity contribution in [3.63, 3.8) is 0 Å². The van der Waals surface area contributed by atoms with Crippen LogP contribution in [0.15, 0.2) is 22.8 Å². The summed E-state index contributed by atoms with van der Waals surface area (Å²) in [4.78, 5) is 0. The average molecular weight is 294 g/mol. The Labute approximate surface area is 128 Å². The summed E-state index contributed by atoms with van der Waals surface area (Å²) in [6.45, 7) is 26.2. The number of rotatable bonds is 0. The first-order valence-corrected chi connectivity index (χ1v) is 10.4. The van der Waals surface area contributed by atoms with E-state index >= 15 is 0 Å². The molecule has 0 aromatic carbocycles. The molecule has 0 fully saturated rings. The standard InChI is InChI=1S/C19H35P/c1-17(2,3)14-12-15(18(4,5)6)20(10,11)16(13-14)19(7,8)9/h12-13H,1-11H3/q+1. The second kappa shape index (κ2) is 4.98. The van der Waals surface area contributed by atoms with Crippen LogP contribution in [-0.2, 0) is 0 Å². The van der Waals surface area contributed by atoms with Gasteiger partial charge in [-0.05, 0) is 17.6 Å². The highest BCUT2D eigenvalue weighted by Gasteiger charge is 2.50. The minimum atomic E-state index is -1.21. The summed E-state index contributed by atoms with van der Waals surface area (Å²) in [7, 11) is -1.21. The lowest BCUT2D eigenvalue weighted by Gasteiger charge is -2.42. The van der Waals surface area contributed by atoms with Gasteiger partial charge in [-0.3, -0.25) is 0 Å². The van der Waals surface area contributed by atoms with Crippen molar-refractivity contribution in [2.75, 3.05) is 13.3 Å². The maximum atomic E-state index is 2.52. The van der Waals surface area contributed by atoms with Crippen LogP contribution < -0.4 is 0 Å². The van der Waals surface area contributed by atoms with Crippen molar-refractivity contribution in [2.24, 2.45) is 16.2 Å². The van der Waals surface area contributed by atoms with Crippen LogP contribution in [0.1, 0.15) is 62.3 Å². The molecule has 0 aromatic rings. The van der Waals surface area contributed by atoms with Gasteiger partial charge in [0.25, 0.3) is 0 Å². The molecule has 1 aliphatic heterocycles. The summed E-state index contributed by atoms with van der Waals surface area (Å²) < 4.78 is 0. The van der Waals surface area contributed by atoms with Gasteiger partial charge in [0.1, 0.15) is 0 Å². The fourth-order valence-electron chi connectivity index (χ4n) is 3.33. The molecule has 1 heteroatoms. The van der Waals surface area contributed by atoms with Crippen LogP contribution >= 0.6 is 7.26 Å². The maximum Gasteiger partial charge on any atom is 0.0781 e. The van der Waals surface area contributed by atoms with E-state index in [1.165, 1.54) is 5.92 Å². The zero-order valence-electron chi connectivity index (χ0n) is 15.6. The van der Waals surface area contributed by atoms with Crippen LogP contribution in [0.2, 0.25) is 0 Å². The van der Waals surface area contributed by atoms with E-state index < -0.39 is 7.26 Å². The molecule has 1 rings (SSSR count). The lowest BCUT2D eigenvalue weighted by atomic mass is 9.77. The molecule has 0 saturated carbocycles. The Bertz CT molecular complexity index is 394. The molecule has 1 aliphatic rings. The first-order chi connectivity index (χ1) is 8.58. The first kappa shape index (κ1) is 18.0. The van der Waals surface area contributed by atoms with Gasteiger partial charge in [0.2, 0.25) is 0 Å². The second-order valence-corrected chi connectivity index (χ2v) is 13.6. The maximum absolute atomic E-state index is 2.52. The Kier molecular flexibility index (Phi) is 4.47. The van der Waals surface area contributed by atoms with Gasteiger partial charge >= 0.3 is 0 Å². The Morgan fingerprint density at radius 1 is 0.600 bits per heavy atom. The van der Waals surface area contributed by atoms with E-state index in [1.54, 1.807) is 10.6 Å². The highest BCUT2D eigenvalue weighted by atomic mass is 31.2. The van der Waals surface area contributed by atoms with Gasteiger partial charge in [-0.15, -0.1) is 0 Å². The summed E-state index contributed by atoms with van der Waals surface area (Å²) >= 11 is 0. The molecule has 115 valence electrons. The largest absolute Gasteiger partial charge is 0.0781 e. The van der Waals surface area contributed by atoms with Crippen LogP contribution in [0.4, 0.5) is 0 Å². The number of allylic oxidation sites excluding steroid dienone is 4. The molecule has 0 spiro atoms. The van der Waals surface area contributed by atoms with Crippen LogP contribution in [-0.4, -0.2) is 13.3 Å². The van der Waals surface area contributed by atoms with E-state index in [9.17, 15) is 0 Å². The van der Waals surface area contributed by atoms with E-state index in [4.69, 9.17) is 0 Å². The molecule has 0 aromatic heterocycles. The fraction of sp³-hybridized carbons (Fsp3) is 0.737. The highest BCUT2D eigenvalue weighted by molar-refractivity contribution is 7.82. The van der Waals surface area contributed by atoms with Gasteiger partial charge in [-0.2, -0.15) is 0 Å². The third-order valence-corrected chi connectivity index (χ3v) is 8.20. The lowest BCUT2D eigenvalue weighted by Crippen LogP contribution is -2.27. The first-order valence-electron chi connectivity index (χ1n) is 7.75. The molecular weight excluding hydrogens is 259 g/mol. The molecule has 0 bridgehead atoms. The minimum Gasteiger partial charge on any atom is -0.0590 e. The Morgan fingerprint density at radius 2 is 0.900 bits per heavy atom. The van der Waals surface area contributed by atoms with Crippen LogP contribution in [0, 0.1) is 22.2 Å². The van der Waals surface area contributed by atoms with Crippen molar-refractivity contribution in [1.29, 1.82) is 0 Å². The van der Waals surface area contributed by atoms with E-state index in [0.717, 1.165) is 0 Å². The number of hydrogen-bond acceptors (Lipinski definition) is 0. The SMILES string of the molecule is CC(C)(C)[C]1C=C(C(C)(C)C)[P+](C)(C)C(C(C)(C)C)=C1. The van der Waals surface area contributed by atoms with E-state index in [-0.39, 0.29) is 16.2 Å². The van der Waals surface area contributed by atoms with Crippen LogP contribution in [0.3, 0.4) is 0 Å². The Hall–Kier alpha value is -0.0900. The molecular formula is C19H35P+. The van der Waals surface area contributed by atoms with E-state index in [1.807, 2.05) is 0 Å². The molecule has 0 unspecified atom stereocenters. The normalized spacial score (nSPS) is 21.6. The molecule has 0 aliphatic carbocycles. The van der Waals surface area contributed by atoms with Crippen LogP contribution in [0.25, 0.3) is 0 Å². The zero-order chi connectivity index (χ0) is 16.1. The van der Waals surface area contributed by atoms with Crippen molar-refractivity contribution < 1.29 is 0 Å². The van der Waals surface area contributed by atoms with E-state index in [0.29, 0.717) is 0 Å². The summed E-state index contributed by atoms with van der Waals surface area (Å²) in [6.07, 6.45) is 5.03. The Balaban J connectivity index is 3.51. The molecule has 0 nitrogen and oxygen atoms in total. The van der Waals surface area contributed by atoms with Crippen molar-refractivity contribution in [2.45, 2.75) is 62.3 Å². The average Bonchev–Trinajstić information content (AvgIpc) is 2.09. The molecule has 20 heavy (non-hydrogen) atoms. The van der Waals surface area contributed by atoms with Crippen molar-refractivity contribution in [3.05, 3.63) is 28.7 Å². The summed E-state index contributed by atoms with van der Waals surface area (Å²) in [5, 5.41) is 3.34. The minimum absolute atomic E-state index is 0.216. The smallest absolute Gasteiger partial charge is 0.0590 e. The van der Waals surface area contributed by atoms with E-state index in [2.05, 4.69) is 87.8 Å². The molecule has 1 radical (unpaired) electrons. The monoisotopic (exact) mass is 294 g/mol. The zero-order valence-corrected chi connectivity index (χ0v) is 16.5. The third kappa shape index (κ3) is 3.56. The van der Waals surface area contributed by atoms with Gasteiger partial charge in [-0.1, -0.05) is 62.3 Å². The molecule has 0 amide bonds. The van der Waals surface area contributed by atoms with Gasteiger partial charge in [-0.25, -0.2) is 0 Å². The molecule has 0 atom stereocenters. The van der Waals surface area contributed by atoms with Gasteiger partial charge in [0, 0.05) is 16.7 Å². The lowest BCUT2D eigenvalue weighted by molar-refractivity contribution is 0.457. The summed E-state index contributed by atoms with van der Waals surface area (Å²) in [5.41, 5.74) is 0.713. The predicted octanol–water partition coefficient (Wildman–Crippen LogP) is 6.76. The van der Waals surface area contributed by atoms with Gasteiger partial charge in [0.05, 0.1) is 31.2 Å². The van der Waals surface area contributed by atoms with Gasteiger partial charge < -0.3 is 0 Å². The topological polar surface area (TPSA) is 0 Å². The summed E-state index contributed by atoms with van der Waals surface area (Å²) in [6, 6.07) is 0. The van der Waals surface area contributed by atoms with Crippen molar-refractivity contribution in [1.82, 2.24) is 0 Å². The highest BCUT2D eigenvalue weighted by Crippen LogP contribution is 2.76. The predicted molar refractivity (Wildman–Crippen MR) is 96.5 cm³/mol. The third-order valence-electron chi connectivity index (χ3n) is 4.19. The summed E-state index contributed by atoms with van der Waals surface area (Å²) in [5.74, 6) is 1.49. The molecule has 0 N–H and O–H groups in total.